The summed E-state index contributed by atoms with van der Waals surface area (Å²) in [6.07, 6.45) is -0.201. The van der Waals surface area contributed by atoms with Gasteiger partial charge in [-0.15, -0.1) is 0 Å². The topological polar surface area (TPSA) is 67.2 Å². The Hall–Kier alpha value is -2.80. The minimum absolute atomic E-state index is 0.168. The zero-order valence-corrected chi connectivity index (χ0v) is 16.3. The average molecular weight is 387 g/mol. The number of amides is 1. The number of fused-ring (bicyclic) bond motifs is 1. The van der Waals surface area contributed by atoms with Gasteiger partial charge in [0.25, 0.3) is 0 Å². The van der Waals surface area contributed by atoms with E-state index in [4.69, 9.17) is 0 Å². The maximum atomic E-state index is 13.8. The number of benzene rings is 2. The summed E-state index contributed by atoms with van der Waals surface area (Å²) in [5.74, 6) is -2.28. The Kier molecular flexibility index (Phi) is 4.97. The highest BCUT2D eigenvalue weighted by molar-refractivity contribution is 5.92. The van der Waals surface area contributed by atoms with E-state index in [1.807, 2.05) is 26.8 Å². The SMILES string of the molecule is CC(O)(CC(=O)Nc1nc2cc(F)c(F)cc2n1C(C)(C)C)c1ccccc1. The molecule has 0 fully saturated rings. The normalized spacial score (nSPS) is 14.1. The van der Waals surface area contributed by atoms with Crippen LogP contribution in [0.15, 0.2) is 42.5 Å². The number of aromatic nitrogens is 2. The molecule has 0 saturated heterocycles. The van der Waals surface area contributed by atoms with Crippen molar-refractivity contribution >= 4 is 22.9 Å². The number of aliphatic hydroxyl groups is 1. The second-order valence-electron chi connectivity index (χ2n) is 8.06. The van der Waals surface area contributed by atoms with Crippen molar-refractivity contribution in [3.8, 4) is 0 Å². The Bertz CT molecular complexity index is 1020. The lowest BCUT2D eigenvalue weighted by atomic mass is 9.92. The average Bonchev–Trinajstić information content (AvgIpc) is 2.92. The van der Waals surface area contributed by atoms with Crippen LogP contribution in [0.2, 0.25) is 0 Å². The van der Waals surface area contributed by atoms with Crippen LogP contribution in [0, 0.1) is 11.6 Å². The minimum atomic E-state index is -1.37. The molecule has 148 valence electrons. The Morgan fingerprint density at radius 3 is 2.32 bits per heavy atom. The molecule has 2 aromatic carbocycles. The van der Waals surface area contributed by atoms with Crippen LogP contribution in [0.4, 0.5) is 14.7 Å². The predicted molar refractivity (Wildman–Crippen MR) is 104 cm³/mol. The molecule has 2 N–H and O–H groups in total. The summed E-state index contributed by atoms with van der Waals surface area (Å²) in [6, 6.07) is 10.9. The second kappa shape index (κ2) is 6.98. The van der Waals surface area contributed by atoms with Gasteiger partial charge in [0.2, 0.25) is 11.9 Å². The van der Waals surface area contributed by atoms with Crippen LogP contribution < -0.4 is 5.32 Å². The monoisotopic (exact) mass is 387 g/mol. The van der Waals surface area contributed by atoms with Crippen molar-refractivity contribution in [2.24, 2.45) is 0 Å². The third kappa shape index (κ3) is 3.89. The molecule has 1 aromatic heterocycles. The molecular formula is C21H23F2N3O2. The van der Waals surface area contributed by atoms with Gasteiger partial charge in [0.1, 0.15) is 0 Å². The quantitative estimate of drug-likeness (QED) is 0.701. The van der Waals surface area contributed by atoms with Crippen molar-refractivity contribution < 1.29 is 18.7 Å². The van der Waals surface area contributed by atoms with Gasteiger partial charge in [0, 0.05) is 17.7 Å². The summed E-state index contributed by atoms with van der Waals surface area (Å²) < 4.78 is 29.0. The van der Waals surface area contributed by atoms with E-state index in [0.717, 1.165) is 12.1 Å². The van der Waals surface area contributed by atoms with Crippen LogP contribution in [0.25, 0.3) is 11.0 Å². The van der Waals surface area contributed by atoms with Crippen molar-refractivity contribution in [1.82, 2.24) is 9.55 Å². The molecule has 7 heteroatoms. The molecule has 0 radical (unpaired) electrons. The largest absolute Gasteiger partial charge is 0.385 e. The molecule has 1 heterocycles. The predicted octanol–water partition coefficient (Wildman–Crippen LogP) is 4.31. The summed E-state index contributed by atoms with van der Waals surface area (Å²) in [4.78, 5) is 16.9. The van der Waals surface area contributed by atoms with Crippen LogP contribution >= 0.6 is 0 Å². The fraction of sp³-hybridized carbons (Fsp3) is 0.333. The maximum absolute atomic E-state index is 13.8. The van der Waals surface area contributed by atoms with E-state index in [-0.39, 0.29) is 17.9 Å². The van der Waals surface area contributed by atoms with E-state index >= 15 is 0 Å². The third-order valence-corrected chi connectivity index (χ3v) is 4.52. The fourth-order valence-electron chi connectivity index (χ4n) is 3.22. The highest BCUT2D eigenvalue weighted by Crippen LogP contribution is 2.30. The Labute approximate surface area is 162 Å². The van der Waals surface area contributed by atoms with Gasteiger partial charge in [-0.1, -0.05) is 30.3 Å². The first-order valence-electron chi connectivity index (χ1n) is 8.95. The van der Waals surface area contributed by atoms with Crippen molar-refractivity contribution in [1.29, 1.82) is 0 Å². The van der Waals surface area contributed by atoms with E-state index in [2.05, 4.69) is 10.3 Å². The first-order chi connectivity index (χ1) is 13.0. The molecular weight excluding hydrogens is 364 g/mol. The standard InChI is InChI=1S/C21H23F2N3O2/c1-20(2,3)26-17-11-15(23)14(22)10-16(17)24-19(26)25-18(27)12-21(4,28)13-8-6-5-7-9-13/h5-11,28H,12H2,1-4H3,(H,24,25,27). The van der Waals surface area contributed by atoms with Crippen molar-refractivity contribution in [2.45, 2.75) is 45.3 Å². The van der Waals surface area contributed by atoms with Gasteiger partial charge in [0.15, 0.2) is 11.6 Å². The molecule has 0 aliphatic rings. The number of hydrogen-bond acceptors (Lipinski definition) is 3. The van der Waals surface area contributed by atoms with Gasteiger partial charge in [-0.05, 0) is 33.3 Å². The summed E-state index contributed by atoms with van der Waals surface area (Å²) in [5, 5.41) is 13.4. The summed E-state index contributed by atoms with van der Waals surface area (Å²) >= 11 is 0. The molecule has 5 nitrogen and oxygen atoms in total. The summed E-state index contributed by atoms with van der Waals surface area (Å²) in [5.41, 5.74) is -0.708. The Morgan fingerprint density at radius 1 is 1.11 bits per heavy atom. The summed E-state index contributed by atoms with van der Waals surface area (Å²) in [7, 11) is 0. The lowest BCUT2D eigenvalue weighted by Gasteiger charge is -2.26. The van der Waals surface area contributed by atoms with E-state index in [0.29, 0.717) is 11.1 Å². The zero-order chi connectivity index (χ0) is 20.7. The number of nitrogens with one attached hydrogen (secondary N) is 1. The Balaban J connectivity index is 1.94. The van der Waals surface area contributed by atoms with Gasteiger partial charge in [0.05, 0.1) is 23.1 Å². The molecule has 0 saturated carbocycles. The van der Waals surface area contributed by atoms with Gasteiger partial charge in [-0.3, -0.25) is 10.1 Å². The zero-order valence-electron chi connectivity index (χ0n) is 16.3. The minimum Gasteiger partial charge on any atom is -0.385 e. The first kappa shape index (κ1) is 19.9. The number of rotatable bonds is 4. The van der Waals surface area contributed by atoms with E-state index in [1.54, 1.807) is 35.8 Å². The smallest absolute Gasteiger partial charge is 0.229 e. The molecule has 0 aliphatic heterocycles. The molecule has 3 rings (SSSR count). The molecule has 1 atom stereocenters. The van der Waals surface area contributed by atoms with Gasteiger partial charge in [-0.2, -0.15) is 0 Å². The molecule has 0 aliphatic carbocycles. The third-order valence-electron chi connectivity index (χ3n) is 4.52. The number of anilines is 1. The fourth-order valence-corrected chi connectivity index (χ4v) is 3.22. The molecule has 1 amide bonds. The lowest BCUT2D eigenvalue weighted by molar-refractivity contribution is -0.120. The molecule has 3 aromatic rings. The maximum Gasteiger partial charge on any atom is 0.229 e. The molecule has 0 bridgehead atoms. The van der Waals surface area contributed by atoms with Gasteiger partial charge < -0.3 is 9.67 Å². The van der Waals surface area contributed by atoms with Gasteiger partial charge in [-0.25, -0.2) is 13.8 Å². The van der Waals surface area contributed by atoms with Crippen LogP contribution in [-0.4, -0.2) is 20.6 Å². The molecule has 28 heavy (non-hydrogen) atoms. The Morgan fingerprint density at radius 2 is 1.71 bits per heavy atom. The first-order valence-corrected chi connectivity index (χ1v) is 8.95. The van der Waals surface area contributed by atoms with Crippen molar-refractivity contribution in [3.63, 3.8) is 0 Å². The van der Waals surface area contributed by atoms with Crippen LogP contribution in [-0.2, 0) is 15.9 Å². The highest BCUT2D eigenvalue weighted by atomic mass is 19.2. The number of carbonyl (C=O) groups is 1. The van der Waals surface area contributed by atoms with Crippen molar-refractivity contribution in [2.75, 3.05) is 5.32 Å². The van der Waals surface area contributed by atoms with E-state index < -0.39 is 28.7 Å². The van der Waals surface area contributed by atoms with E-state index in [9.17, 15) is 18.7 Å². The number of carbonyl (C=O) groups excluding carboxylic acids is 1. The lowest BCUT2D eigenvalue weighted by Crippen LogP contribution is -2.31. The number of nitrogens with zero attached hydrogens (tertiary/aromatic N) is 2. The van der Waals surface area contributed by atoms with Crippen LogP contribution in [0.3, 0.4) is 0 Å². The van der Waals surface area contributed by atoms with E-state index in [1.165, 1.54) is 0 Å². The molecule has 0 spiro atoms. The van der Waals surface area contributed by atoms with Crippen LogP contribution in [0.5, 0.6) is 0 Å². The van der Waals surface area contributed by atoms with Crippen LogP contribution in [0.1, 0.15) is 39.7 Å². The van der Waals surface area contributed by atoms with Crippen molar-refractivity contribution in [3.05, 3.63) is 59.7 Å². The highest BCUT2D eigenvalue weighted by Gasteiger charge is 2.29. The molecule has 1 unspecified atom stereocenters. The summed E-state index contributed by atoms with van der Waals surface area (Å²) in [6.45, 7) is 7.15. The second-order valence-corrected chi connectivity index (χ2v) is 8.06. The van der Waals surface area contributed by atoms with Gasteiger partial charge >= 0.3 is 0 Å². The number of imidazole rings is 1. The number of hydrogen-bond donors (Lipinski definition) is 2. The number of halogens is 2.